The number of hydrogen-bond acceptors (Lipinski definition) is 7. The molecule has 0 spiro atoms. The topological polar surface area (TPSA) is 178 Å². The molecule has 41 heavy (non-hydrogen) atoms. The Balaban J connectivity index is 1.61. The molecule has 0 unspecified atom stereocenters. The molecule has 1 atom stereocenters. The number of aryl methyl sites for hydroxylation is 2. The molecule has 4 N–H and O–H groups in total. The van der Waals surface area contributed by atoms with Gasteiger partial charge in [-0.2, -0.15) is 9.46 Å². The number of hydrogen-bond donors (Lipinski definition) is 3. The van der Waals surface area contributed by atoms with Crippen LogP contribution in [0.2, 0.25) is 0 Å². The Morgan fingerprint density at radius 3 is 2.41 bits per heavy atom. The number of pyridine rings is 1. The van der Waals surface area contributed by atoms with Crippen LogP contribution in [0, 0.1) is 6.92 Å². The minimum atomic E-state index is -3.56. The number of primary amides is 1. The third-order valence-electron chi connectivity index (χ3n) is 5.80. The highest BCUT2D eigenvalue weighted by Gasteiger charge is 2.21. The average molecular weight is 574 g/mol. The number of rotatable bonds is 9. The largest absolute Gasteiger partial charge is 0.368 e. The van der Waals surface area contributed by atoms with Crippen molar-refractivity contribution in [3.8, 4) is 11.1 Å². The molecule has 0 aliphatic heterocycles. The van der Waals surface area contributed by atoms with Crippen molar-refractivity contribution in [2.24, 2.45) is 17.1 Å². The van der Waals surface area contributed by atoms with Crippen LogP contribution in [0.25, 0.3) is 11.1 Å². The third-order valence-corrected chi connectivity index (χ3v) is 7.92. The van der Waals surface area contributed by atoms with Crippen molar-refractivity contribution in [2.45, 2.75) is 11.8 Å². The summed E-state index contributed by atoms with van der Waals surface area (Å²) in [5, 5.41) is 9.29. The van der Waals surface area contributed by atoms with E-state index in [0.29, 0.717) is 28.2 Å². The van der Waals surface area contributed by atoms with Crippen molar-refractivity contribution in [2.75, 3.05) is 17.6 Å². The molecule has 13 heteroatoms. The van der Waals surface area contributed by atoms with Crippen molar-refractivity contribution < 1.29 is 23.4 Å². The van der Waals surface area contributed by atoms with Crippen molar-refractivity contribution in [1.29, 1.82) is 0 Å². The molecule has 2 aromatic heterocycles. The van der Waals surface area contributed by atoms with Crippen LogP contribution in [-0.4, -0.2) is 54.9 Å². The summed E-state index contributed by atoms with van der Waals surface area (Å²) in [5.74, 6) is -3.34. The van der Waals surface area contributed by atoms with E-state index in [0.717, 1.165) is 0 Å². The molecule has 0 fully saturated rings. The molecule has 4 rings (SSSR count). The minimum absolute atomic E-state index is 0.0449. The Kier molecular flexibility index (Phi) is 8.68. The second-order valence-corrected chi connectivity index (χ2v) is 11.3. The van der Waals surface area contributed by atoms with Gasteiger partial charge in [0.25, 0.3) is 11.8 Å². The molecule has 2 heterocycles. The van der Waals surface area contributed by atoms with Gasteiger partial charge in [0.2, 0.25) is 11.8 Å². The van der Waals surface area contributed by atoms with E-state index in [1.165, 1.54) is 35.3 Å². The van der Waals surface area contributed by atoms with E-state index in [1.54, 1.807) is 62.5 Å². The summed E-state index contributed by atoms with van der Waals surface area (Å²) < 4.78 is 19.3. The number of aromatic nitrogens is 3. The molecule has 0 saturated carbocycles. The van der Waals surface area contributed by atoms with E-state index in [4.69, 9.17) is 5.73 Å². The predicted molar refractivity (Wildman–Crippen MR) is 152 cm³/mol. The van der Waals surface area contributed by atoms with Gasteiger partial charge in [-0.05, 0) is 48.9 Å². The molecule has 0 radical (unpaired) electrons. The molecule has 0 aliphatic carbocycles. The number of carbonyl (C=O) groups excluding carboxylic acids is 4. The molecule has 210 valence electrons. The van der Waals surface area contributed by atoms with Gasteiger partial charge in [0.15, 0.2) is 0 Å². The number of nitrogens with one attached hydrogen (secondary N) is 2. The van der Waals surface area contributed by atoms with E-state index in [-0.39, 0.29) is 16.4 Å². The maximum atomic E-state index is 13.8. The maximum Gasteiger partial charge on any atom is 0.286 e. The zero-order valence-corrected chi connectivity index (χ0v) is 23.1. The summed E-state index contributed by atoms with van der Waals surface area (Å²) in [4.78, 5) is 53.7. The molecule has 0 aliphatic rings. The second kappa shape index (κ2) is 12.3. The number of amides is 4. The Hall–Kier alpha value is -5.17. The smallest absolute Gasteiger partial charge is 0.286 e. The molecule has 12 nitrogen and oxygen atoms in total. The Morgan fingerprint density at radius 1 is 0.976 bits per heavy atom. The fourth-order valence-corrected chi connectivity index (χ4v) is 5.66. The molecule has 2 aromatic carbocycles. The molecule has 4 amide bonds. The Bertz CT molecular complexity index is 1760. The van der Waals surface area contributed by atoms with Gasteiger partial charge in [-0.25, -0.2) is 4.21 Å². The van der Waals surface area contributed by atoms with Gasteiger partial charge in [-0.1, -0.05) is 30.3 Å². The van der Waals surface area contributed by atoms with E-state index in [1.807, 2.05) is 0 Å². The molecule has 0 saturated heterocycles. The zero-order valence-electron chi connectivity index (χ0n) is 22.2. The van der Waals surface area contributed by atoms with E-state index < -0.39 is 39.7 Å². The number of anilines is 1. The Morgan fingerprint density at radius 2 is 1.73 bits per heavy atom. The van der Waals surface area contributed by atoms with Crippen molar-refractivity contribution in [3.63, 3.8) is 0 Å². The summed E-state index contributed by atoms with van der Waals surface area (Å²) in [7, 11) is -1.88. The summed E-state index contributed by atoms with van der Waals surface area (Å²) >= 11 is 0. The number of nitrogens with zero attached hydrogens (tertiary/aromatic N) is 4. The fourth-order valence-electron chi connectivity index (χ4n) is 3.91. The predicted octanol–water partition coefficient (Wildman–Crippen LogP) is 2.31. The molecule has 4 aromatic rings. The van der Waals surface area contributed by atoms with Gasteiger partial charge in [0.05, 0.1) is 27.5 Å². The SMILES string of the molecule is Cc1cc(C(=O)Nc2cccc(-c3cncc(C(=O)N=[S@](=O)(CC(=O)NCC(N)=O)c4ccccc4)c3)c2)n(C)n1. The summed E-state index contributed by atoms with van der Waals surface area (Å²) in [6.45, 7) is 1.35. The number of carbonyl (C=O) groups is 4. The van der Waals surface area contributed by atoms with Crippen LogP contribution in [0.1, 0.15) is 26.5 Å². The lowest BCUT2D eigenvalue weighted by Gasteiger charge is -2.11. The van der Waals surface area contributed by atoms with Crippen LogP contribution in [0.5, 0.6) is 0 Å². The number of benzene rings is 2. The van der Waals surface area contributed by atoms with Gasteiger partial charge in [0, 0.05) is 35.6 Å². The van der Waals surface area contributed by atoms with Gasteiger partial charge >= 0.3 is 0 Å². The quantitative estimate of drug-likeness (QED) is 0.275. The summed E-state index contributed by atoms with van der Waals surface area (Å²) in [5.41, 5.74) is 7.94. The van der Waals surface area contributed by atoms with Crippen molar-refractivity contribution in [3.05, 3.63) is 96.1 Å². The van der Waals surface area contributed by atoms with Gasteiger partial charge < -0.3 is 16.4 Å². The lowest BCUT2D eigenvalue weighted by molar-refractivity contribution is -0.123. The zero-order chi connectivity index (χ0) is 29.6. The first-order chi connectivity index (χ1) is 19.5. The lowest BCUT2D eigenvalue weighted by atomic mass is 10.1. The van der Waals surface area contributed by atoms with E-state index in [2.05, 4.69) is 25.1 Å². The summed E-state index contributed by atoms with van der Waals surface area (Å²) in [6, 6.07) is 18.1. The highest BCUT2D eigenvalue weighted by atomic mass is 32.2. The average Bonchev–Trinajstić information content (AvgIpc) is 3.30. The monoisotopic (exact) mass is 573 g/mol. The van der Waals surface area contributed by atoms with Crippen molar-refractivity contribution >= 4 is 39.0 Å². The van der Waals surface area contributed by atoms with Crippen LogP contribution in [0.15, 0.2) is 88.4 Å². The van der Waals surface area contributed by atoms with Crippen LogP contribution in [0.3, 0.4) is 0 Å². The van der Waals surface area contributed by atoms with Crippen LogP contribution in [-0.2, 0) is 26.4 Å². The fraction of sp³-hybridized carbons (Fsp3) is 0.143. The Labute approximate surface area is 236 Å². The van der Waals surface area contributed by atoms with Gasteiger partial charge in [-0.15, -0.1) is 0 Å². The summed E-state index contributed by atoms with van der Waals surface area (Å²) in [6.07, 6.45) is 2.82. The molecular weight excluding hydrogens is 546 g/mol. The highest BCUT2D eigenvalue weighted by Crippen LogP contribution is 2.24. The minimum Gasteiger partial charge on any atom is -0.368 e. The lowest BCUT2D eigenvalue weighted by Crippen LogP contribution is -2.36. The van der Waals surface area contributed by atoms with Gasteiger partial charge in [-0.3, -0.25) is 28.8 Å². The molecular formula is C28H27N7O5S. The van der Waals surface area contributed by atoms with Gasteiger partial charge in [0.1, 0.15) is 11.4 Å². The van der Waals surface area contributed by atoms with Crippen LogP contribution >= 0.6 is 0 Å². The number of nitrogens with two attached hydrogens (primary N) is 1. The second-order valence-electron chi connectivity index (χ2n) is 9.03. The standard InChI is InChI=1S/C28H27N7O5S/c1-18-11-24(35(2)33-18)28(39)32-22-8-6-7-19(13-22)20-12-21(15-30-14-20)27(38)34-41(40,23-9-4-3-5-10-23)17-26(37)31-16-25(29)36/h3-15H,16-17H2,1-2H3,(H2,29,36)(H,31,37)(H,32,39)/t41-/m0/s1. The normalized spacial score (nSPS) is 12.1. The van der Waals surface area contributed by atoms with Crippen LogP contribution in [0.4, 0.5) is 5.69 Å². The van der Waals surface area contributed by atoms with E-state index in [9.17, 15) is 23.4 Å². The molecule has 0 bridgehead atoms. The van der Waals surface area contributed by atoms with Crippen LogP contribution < -0.4 is 16.4 Å². The first kappa shape index (κ1) is 28.8. The van der Waals surface area contributed by atoms with E-state index >= 15 is 0 Å². The highest BCUT2D eigenvalue weighted by molar-refractivity contribution is 7.94. The van der Waals surface area contributed by atoms with Crippen molar-refractivity contribution in [1.82, 2.24) is 20.1 Å². The first-order valence-electron chi connectivity index (χ1n) is 12.3. The maximum absolute atomic E-state index is 13.8. The third kappa shape index (κ3) is 7.28. The first-order valence-corrected chi connectivity index (χ1v) is 14.0.